The molecule has 0 atom stereocenters. The first-order valence-corrected chi connectivity index (χ1v) is 4.41. The summed E-state index contributed by atoms with van der Waals surface area (Å²) in [5, 5.41) is 0.134. The predicted octanol–water partition coefficient (Wildman–Crippen LogP) is -0.153. The predicted molar refractivity (Wildman–Crippen MR) is 52.8 cm³/mol. The van der Waals surface area contributed by atoms with Crippen molar-refractivity contribution in [2.75, 3.05) is 13.7 Å². The van der Waals surface area contributed by atoms with Gasteiger partial charge in [-0.1, -0.05) is 11.6 Å². The first-order valence-electron chi connectivity index (χ1n) is 4.03. The van der Waals surface area contributed by atoms with E-state index in [1.165, 1.54) is 24.8 Å². The molecule has 0 unspecified atom stereocenters. The van der Waals surface area contributed by atoms with Crippen molar-refractivity contribution in [3.63, 3.8) is 0 Å². The van der Waals surface area contributed by atoms with Gasteiger partial charge in [-0.2, -0.15) is 0 Å². The van der Waals surface area contributed by atoms with E-state index in [-0.39, 0.29) is 5.15 Å². The Morgan fingerprint density at radius 2 is 2.14 bits per heavy atom. The average Bonchev–Trinajstić information content (AvgIpc) is 2.14. The van der Waals surface area contributed by atoms with Crippen molar-refractivity contribution >= 4 is 11.6 Å². The smallest absolute Gasteiger partial charge is 0.331 e. The molecule has 0 aliphatic rings. The van der Waals surface area contributed by atoms with Crippen molar-refractivity contribution in [3.05, 3.63) is 32.1 Å². The highest BCUT2D eigenvalue weighted by Gasteiger charge is 2.06. The molecule has 0 radical (unpaired) electrons. The van der Waals surface area contributed by atoms with Crippen LogP contribution in [0.25, 0.3) is 0 Å². The minimum atomic E-state index is -0.431. The first kappa shape index (κ1) is 11.0. The monoisotopic (exact) mass is 218 g/mol. The van der Waals surface area contributed by atoms with E-state index in [1.807, 2.05) is 0 Å². The molecule has 0 saturated heterocycles. The van der Waals surface area contributed by atoms with E-state index in [2.05, 4.69) is 0 Å². The molecular formula is C8H11ClN2O3. The number of methoxy groups -OCH3 is 1. The lowest BCUT2D eigenvalue weighted by molar-refractivity contribution is 0.185. The van der Waals surface area contributed by atoms with Crippen LogP contribution < -0.4 is 11.2 Å². The Labute approximate surface area is 85.5 Å². The summed E-state index contributed by atoms with van der Waals surface area (Å²) in [6.07, 6.45) is 0. The van der Waals surface area contributed by atoms with Gasteiger partial charge >= 0.3 is 5.69 Å². The Kier molecular flexibility index (Phi) is 3.49. The fourth-order valence-electron chi connectivity index (χ4n) is 1.03. The number of aromatic nitrogens is 2. The highest BCUT2D eigenvalue weighted by Crippen LogP contribution is 2.00. The Hall–Kier alpha value is -1.07. The second-order valence-electron chi connectivity index (χ2n) is 2.79. The van der Waals surface area contributed by atoms with Crippen LogP contribution in [-0.4, -0.2) is 22.9 Å². The van der Waals surface area contributed by atoms with Crippen molar-refractivity contribution in [2.24, 2.45) is 7.05 Å². The second kappa shape index (κ2) is 4.43. The molecule has 1 rings (SSSR count). The van der Waals surface area contributed by atoms with Crippen LogP contribution in [0.2, 0.25) is 5.15 Å². The topological polar surface area (TPSA) is 53.2 Å². The largest absolute Gasteiger partial charge is 0.383 e. The highest BCUT2D eigenvalue weighted by atomic mass is 35.5. The molecule has 0 spiro atoms. The minimum Gasteiger partial charge on any atom is -0.383 e. The summed E-state index contributed by atoms with van der Waals surface area (Å²) in [4.78, 5) is 22.6. The Bertz CT molecular complexity index is 435. The summed E-state index contributed by atoms with van der Waals surface area (Å²) >= 11 is 5.74. The lowest BCUT2D eigenvalue weighted by Gasteiger charge is -2.08. The Morgan fingerprint density at radius 3 is 2.71 bits per heavy atom. The van der Waals surface area contributed by atoms with Crippen LogP contribution in [0.15, 0.2) is 15.7 Å². The number of hydrogen-bond donors (Lipinski definition) is 0. The molecule has 1 aromatic heterocycles. The van der Waals surface area contributed by atoms with E-state index < -0.39 is 11.2 Å². The van der Waals surface area contributed by atoms with Crippen LogP contribution in [0, 0.1) is 0 Å². The van der Waals surface area contributed by atoms with Gasteiger partial charge in [0.05, 0.1) is 13.2 Å². The van der Waals surface area contributed by atoms with Crippen LogP contribution in [0.3, 0.4) is 0 Å². The number of nitrogens with zero attached hydrogens (tertiary/aromatic N) is 2. The lowest BCUT2D eigenvalue weighted by atomic mass is 10.5. The zero-order valence-corrected chi connectivity index (χ0v) is 8.74. The third-order valence-corrected chi connectivity index (χ3v) is 2.18. The van der Waals surface area contributed by atoms with E-state index in [0.717, 1.165) is 4.57 Å². The third-order valence-electron chi connectivity index (χ3n) is 1.87. The van der Waals surface area contributed by atoms with Gasteiger partial charge in [-0.05, 0) is 0 Å². The second-order valence-corrected chi connectivity index (χ2v) is 3.18. The van der Waals surface area contributed by atoms with E-state index in [0.29, 0.717) is 13.2 Å². The lowest BCUT2D eigenvalue weighted by Crippen LogP contribution is -2.38. The van der Waals surface area contributed by atoms with Crippen molar-refractivity contribution in [1.29, 1.82) is 0 Å². The van der Waals surface area contributed by atoms with Crippen molar-refractivity contribution in [1.82, 2.24) is 9.13 Å². The zero-order valence-electron chi connectivity index (χ0n) is 7.99. The molecule has 0 N–H and O–H groups in total. The number of halogens is 1. The van der Waals surface area contributed by atoms with Gasteiger partial charge in [0.15, 0.2) is 0 Å². The summed E-state index contributed by atoms with van der Waals surface area (Å²) in [7, 11) is 2.94. The molecule has 0 saturated carbocycles. The van der Waals surface area contributed by atoms with Crippen LogP contribution in [0.4, 0.5) is 0 Å². The molecule has 78 valence electrons. The fraction of sp³-hybridized carbons (Fsp3) is 0.500. The van der Waals surface area contributed by atoms with Crippen molar-refractivity contribution in [3.8, 4) is 0 Å². The highest BCUT2D eigenvalue weighted by molar-refractivity contribution is 6.29. The quantitative estimate of drug-likeness (QED) is 0.663. The van der Waals surface area contributed by atoms with Gasteiger partial charge in [0, 0.05) is 20.2 Å². The van der Waals surface area contributed by atoms with E-state index in [1.54, 1.807) is 0 Å². The molecule has 5 nitrogen and oxygen atoms in total. The molecule has 6 heteroatoms. The SMILES string of the molecule is COCCn1c(Cl)cc(=O)n(C)c1=O. The Morgan fingerprint density at radius 1 is 1.50 bits per heavy atom. The van der Waals surface area contributed by atoms with Gasteiger partial charge < -0.3 is 4.74 Å². The first-order chi connectivity index (χ1) is 6.57. The maximum atomic E-state index is 11.5. The van der Waals surface area contributed by atoms with E-state index in [9.17, 15) is 9.59 Å². The normalized spacial score (nSPS) is 10.5. The van der Waals surface area contributed by atoms with E-state index >= 15 is 0 Å². The zero-order chi connectivity index (χ0) is 10.7. The van der Waals surface area contributed by atoms with Gasteiger partial charge in [-0.3, -0.25) is 13.9 Å². The van der Waals surface area contributed by atoms with Gasteiger partial charge in [-0.15, -0.1) is 0 Å². The van der Waals surface area contributed by atoms with Crippen LogP contribution >= 0.6 is 11.6 Å². The number of rotatable bonds is 3. The maximum Gasteiger partial charge on any atom is 0.331 e. The minimum absolute atomic E-state index is 0.134. The molecule has 0 aliphatic heterocycles. The summed E-state index contributed by atoms with van der Waals surface area (Å²) in [6.45, 7) is 0.708. The van der Waals surface area contributed by atoms with Crippen LogP contribution in [-0.2, 0) is 18.3 Å². The molecule has 0 fully saturated rings. The van der Waals surface area contributed by atoms with Crippen LogP contribution in [0.1, 0.15) is 0 Å². The van der Waals surface area contributed by atoms with Crippen molar-refractivity contribution in [2.45, 2.75) is 6.54 Å². The summed E-state index contributed by atoms with van der Waals surface area (Å²) in [6, 6.07) is 1.21. The standard InChI is InChI=1S/C8H11ClN2O3/c1-10-7(12)5-6(9)11(8(10)13)3-4-14-2/h5H,3-4H2,1-2H3. The summed E-state index contributed by atoms with van der Waals surface area (Å²) < 4.78 is 7.11. The third kappa shape index (κ3) is 2.05. The van der Waals surface area contributed by atoms with Crippen molar-refractivity contribution < 1.29 is 4.74 Å². The fourth-order valence-corrected chi connectivity index (χ4v) is 1.28. The van der Waals surface area contributed by atoms with E-state index in [4.69, 9.17) is 16.3 Å². The van der Waals surface area contributed by atoms with Crippen LogP contribution in [0.5, 0.6) is 0 Å². The molecule has 0 bridgehead atoms. The van der Waals surface area contributed by atoms with Gasteiger partial charge in [0.2, 0.25) is 0 Å². The molecule has 0 aliphatic carbocycles. The number of ether oxygens (including phenoxy) is 1. The molecule has 0 amide bonds. The molecule has 0 aromatic carbocycles. The van der Waals surface area contributed by atoms with Gasteiger partial charge in [0.1, 0.15) is 5.15 Å². The van der Waals surface area contributed by atoms with Gasteiger partial charge in [0.25, 0.3) is 5.56 Å². The van der Waals surface area contributed by atoms with Gasteiger partial charge in [-0.25, -0.2) is 4.79 Å². The molecular weight excluding hydrogens is 208 g/mol. The number of hydrogen-bond acceptors (Lipinski definition) is 3. The molecule has 14 heavy (non-hydrogen) atoms. The summed E-state index contributed by atoms with van der Waals surface area (Å²) in [5.41, 5.74) is -0.840. The Balaban J connectivity index is 3.23. The molecule has 1 aromatic rings. The summed E-state index contributed by atoms with van der Waals surface area (Å²) in [5.74, 6) is 0. The molecule has 1 heterocycles. The maximum absolute atomic E-state index is 11.5. The average molecular weight is 219 g/mol.